The van der Waals surface area contributed by atoms with Crippen molar-refractivity contribution in [3.05, 3.63) is 0 Å². The SMILES string of the molecule is CCN(C)C(COC)C(=O)O. The summed E-state index contributed by atoms with van der Waals surface area (Å²) in [5, 5.41) is 8.68. The molecule has 11 heavy (non-hydrogen) atoms. The Balaban J connectivity index is 3.97. The van der Waals surface area contributed by atoms with Crippen LogP contribution < -0.4 is 0 Å². The molecule has 0 rings (SSSR count). The summed E-state index contributed by atoms with van der Waals surface area (Å²) >= 11 is 0. The van der Waals surface area contributed by atoms with Crippen molar-refractivity contribution < 1.29 is 14.6 Å². The van der Waals surface area contributed by atoms with Crippen molar-refractivity contribution >= 4 is 5.97 Å². The molecule has 0 saturated carbocycles. The van der Waals surface area contributed by atoms with Crippen molar-refractivity contribution in [2.24, 2.45) is 0 Å². The van der Waals surface area contributed by atoms with Crippen LogP contribution in [0.3, 0.4) is 0 Å². The van der Waals surface area contributed by atoms with Gasteiger partial charge in [-0.1, -0.05) is 6.92 Å². The third kappa shape index (κ3) is 3.34. The van der Waals surface area contributed by atoms with Crippen molar-refractivity contribution in [1.82, 2.24) is 4.90 Å². The minimum absolute atomic E-state index is 0.236. The molecule has 1 unspecified atom stereocenters. The number of hydrogen-bond acceptors (Lipinski definition) is 3. The number of carboxylic acids is 1. The van der Waals surface area contributed by atoms with E-state index in [4.69, 9.17) is 9.84 Å². The molecule has 1 N–H and O–H groups in total. The van der Waals surface area contributed by atoms with Gasteiger partial charge in [-0.3, -0.25) is 9.69 Å². The Bertz CT molecular complexity index is 127. The second-order valence-electron chi connectivity index (χ2n) is 2.38. The summed E-state index contributed by atoms with van der Waals surface area (Å²) < 4.78 is 4.77. The second kappa shape index (κ2) is 5.09. The molecule has 66 valence electrons. The molecule has 0 aliphatic heterocycles. The Morgan fingerprint density at radius 3 is 2.55 bits per heavy atom. The second-order valence-corrected chi connectivity index (χ2v) is 2.38. The molecule has 4 nitrogen and oxygen atoms in total. The van der Waals surface area contributed by atoms with Crippen LogP contribution in [0.5, 0.6) is 0 Å². The Morgan fingerprint density at radius 1 is 1.73 bits per heavy atom. The first-order chi connectivity index (χ1) is 5.13. The zero-order valence-electron chi connectivity index (χ0n) is 7.20. The number of rotatable bonds is 5. The third-order valence-corrected chi connectivity index (χ3v) is 1.64. The van der Waals surface area contributed by atoms with E-state index in [0.29, 0.717) is 6.54 Å². The number of carbonyl (C=O) groups is 1. The molecule has 0 aliphatic rings. The molecule has 0 fully saturated rings. The topological polar surface area (TPSA) is 49.8 Å². The van der Waals surface area contributed by atoms with Gasteiger partial charge in [-0.2, -0.15) is 0 Å². The highest BCUT2D eigenvalue weighted by atomic mass is 16.5. The van der Waals surface area contributed by atoms with Crippen LogP contribution in [0.25, 0.3) is 0 Å². The Labute approximate surface area is 66.8 Å². The Morgan fingerprint density at radius 2 is 2.27 bits per heavy atom. The van der Waals surface area contributed by atoms with Crippen molar-refractivity contribution in [2.45, 2.75) is 13.0 Å². The van der Waals surface area contributed by atoms with Gasteiger partial charge >= 0.3 is 5.97 Å². The first-order valence-electron chi connectivity index (χ1n) is 3.55. The molecule has 4 heteroatoms. The van der Waals surface area contributed by atoms with E-state index in [9.17, 15) is 4.79 Å². The van der Waals surface area contributed by atoms with E-state index in [1.807, 2.05) is 6.92 Å². The first kappa shape index (κ1) is 10.4. The number of ether oxygens (including phenoxy) is 1. The number of carboxylic acid groups (broad SMARTS) is 1. The lowest BCUT2D eigenvalue weighted by atomic mass is 10.3. The summed E-state index contributed by atoms with van der Waals surface area (Å²) in [6.07, 6.45) is 0. The van der Waals surface area contributed by atoms with Crippen LogP contribution in [0.2, 0.25) is 0 Å². The van der Waals surface area contributed by atoms with Crippen LogP contribution in [0.1, 0.15) is 6.92 Å². The number of hydrogen-bond donors (Lipinski definition) is 1. The molecule has 0 heterocycles. The maximum Gasteiger partial charge on any atom is 0.323 e. The summed E-state index contributed by atoms with van der Waals surface area (Å²) in [4.78, 5) is 12.3. The van der Waals surface area contributed by atoms with Crippen molar-refractivity contribution in [3.8, 4) is 0 Å². The zero-order chi connectivity index (χ0) is 8.85. The highest BCUT2D eigenvalue weighted by molar-refractivity contribution is 5.73. The smallest absolute Gasteiger partial charge is 0.323 e. The van der Waals surface area contributed by atoms with E-state index >= 15 is 0 Å². The Kier molecular flexibility index (Phi) is 4.81. The normalized spacial score (nSPS) is 13.5. The van der Waals surface area contributed by atoms with Gasteiger partial charge in [0, 0.05) is 7.11 Å². The predicted molar refractivity (Wildman–Crippen MR) is 41.6 cm³/mol. The molecule has 0 aromatic heterocycles. The van der Waals surface area contributed by atoms with Crippen LogP contribution in [0.4, 0.5) is 0 Å². The van der Waals surface area contributed by atoms with Gasteiger partial charge in [-0.15, -0.1) is 0 Å². The molecule has 0 bridgehead atoms. The molecule has 0 aliphatic carbocycles. The number of aliphatic carboxylic acids is 1. The maximum atomic E-state index is 10.6. The predicted octanol–water partition coefficient (Wildman–Crippen LogP) is 0.0377. The van der Waals surface area contributed by atoms with Crippen molar-refractivity contribution in [1.29, 1.82) is 0 Å². The van der Waals surface area contributed by atoms with E-state index in [-0.39, 0.29) is 6.61 Å². The third-order valence-electron chi connectivity index (χ3n) is 1.64. The zero-order valence-corrected chi connectivity index (χ0v) is 7.20. The highest BCUT2D eigenvalue weighted by Gasteiger charge is 2.20. The van der Waals surface area contributed by atoms with Crippen LogP contribution in [-0.2, 0) is 9.53 Å². The fourth-order valence-electron chi connectivity index (χ4n) is 0.765. The van der Waals surface area contributed by atoms with Crippen LogP contribution in [-0.4, -0.2) is 49.3 Å². The molecule has 0 aromatic carbocycles. The van der Waals surface area contributed by atoms with Gasteiger partial charge in [-0.05, 0) is 13.6 Å². The van der Waals surface area contributed by atoms with E-state index in [0.717, 1.165) is 0 Å². The molecule has 0 aromatic rings. The van der Waals surface area contributed by atoms with E-state index in [1.54, 1.807) is 11.9 Å². The van der Waals surface area contributed by atoms with Crippen LogP contribution in [0, 0.1) is 0 Å². The minimum atomic E-state index is -0.837. The lowest BCUT2D eigenvalue weighted by Gasteiger charge is -2.21. The summed E-state index contributed by atoms with van der Waals surface area (Å²) in [7, 11) is 3.26. The average molecular weight is 161 g/mol. The van der Waals surface area contributed by atoms with E-state index in [1.165, 1.54) is 7.11 Å². The minimum Gasteiger partial charge on any atom is -0.480 e. The Hall–Kier alpha value is -0.610. The van der Waals surface area contributed by atoms with Gasteiger partial charge in [0.1, 0.15) is 6.04 Å². The maximum absolute atomic E-state index is 10.6. The monoisotopic (exact) mass is 161 g/mol. The van der Waals surface area contributed by atoms with Crippen LogP contribution >= 0.6 is 0 Å². The fourth-order valence-corrected chi connectivity index (χ4v) is 0.765. The average Bonchev–Trinajstić information content (AvgIpc) is 1.98. The largest absolute Gasteiger partial charge is 0.480 e. The highest BCUT2D eigenvalue weighted by Crippen LogP contribution is 1.96. The lowest BCUT2D eigenvalue weighted by Crippen LogP contribution is -2.41. The summed E-state index contributed by atoms with van der Waals surface area (Å²) in [5.74, 6) is -0.837. The van der Waals surface area contributed by atoms with Gasteiger partial charge in [0.05, 0.1) is 6.61 Å². The van der Waals surface area contributed by atoms with Gasteiger partial charge < -0.3 is 9.84 Å². The van der Waals surface area contributed by atoms with Crippen molar-refractivity contribution in [3.63, 3.8) is 0 Å². The quantitative estimate of drug-likeness (QED) is 0.618. The van der Waals surface area contributed by atoms with E-state index < -0.39 is 12.0 Å². The molecule has 0 radical (unpaired) electrons. The molecule has 0 spiro atoms. The molecule has 1 atom stereocenters. The number of nitrogens with zero attached hydrogens (tertiary/aromatic N) is 1. The van der Waals surface area contributed by atoms with Crippen molar-refractivity contribution in [2.75, 3.05) is 27.3 Å². The molecular weight excluding hydrogens is 146 g/mol. The summed E-state index contributed by atoms with van der Waals surface area (Å²) in [6, 6.07) is -0.523. The molecule has 0 amide bonds. The van der Waals surface area contributed by atoms with Gasteiger partial charge in [0.15, 0.2) is 0 Å². The van der Waals surface area contributed by atoms with Gasteiger partial charge in [0.2, 0.25) is 0 Å². The fraction of sp³-hybridized carbons (Fsp3) is 0.857. The van der Waals surface area contributed by atoms with Gasteiger partial charge in [-0.25, -0.2) is 0 Å². The summed E-state index contributed by atoms with van der Waals surface area (Å²) in [5.41, 5.74) is 0. The standard InChI is InChI=1S/C7H15NO3/c1-4-8(2)6(5-11-3)7(9)10/h6H,4-5H2,1-3H3,(H,9,10). The molecule has 0 saturated heterocycles. The summed E-state index contributed by atoms with van der Waals surface area (Å²) in [6.45, 7) is 2.85. The number of likely N-dealkylation sites (N-methyl/N-ethyl adjacent to an activating group) is 1. The number of methoxy groups -OCH3 is 1. The molecular formula is C7H15NO3. The first-order valence-corrected chi connectivity index (χ1v) is 3.55. The van der Waals surface area contributed by atoms with Crippen LogP contribution in [0.15, 0.2) is 0 Å². The lowest BCUT2D eigenvalue weighted by molar-refractivity contribution is -0.144. The van der Waals surface area contributed by atoms with Gasteiger partial charge in [0.25, 0.3) is 0 Å². The van der Waals surface area contributed by atoms with E-state index in [2.05, 4.69) is 0 Å².